The molecule has 3 aromatic rings. The number of Topliss-reactive ketones (excluding diaryl/α,β-unsaturated/α-hetero) is 1. The molecule has 0 unspecified atom stereocenters. The Balaban J connectivity index is 1.87. The summed E-state index contributed by atoms with van der Waals surface area (Å²) in [5.41, 5.74) is 4.21. The van der Waals surface area contributed by atoms with Crippen molar-refractivity contribution in [1.82, 2.24) is 4.98 Å². The highest BCUT2D eigenvalue weighted by Gasteiger charge is 2.18. The monoisotopic (exact) mass is 311 g/mol. The Hall–Kier alpha value is -2.06. The Morgan fingerprint density at radius 2 is 1.82 bits per heavy atom. The summed E-state index contributed by atoms with van der Waals surface area (Å²) in [5, 5.41) is 1.86. The number of para-hydroxylation sites is 1. The maximum Gasteiger partial charge on any atom is 0.163 e. The SMILES string of the molecule is Cc1[nH]c2ccccc2c1[C@H](C)CC(=O)c1ccc(Cl)cc1. The lowest BCUT2D eigenvalue weighted by Crippen LogP contribution is -2.05. The van der Waals surface area contributed by atoms with E-state index in [1.54, 1.807) is 24.3 Å². The van der Waals surface area contributed by atoms with Crippen molar-refractivity contribution < 1.29 is 4.79 Å². The molecule has 1 heterocycles. The Bertz CT molecular complexity index is 817. The first-order valence-electron chi connectivity index (χ1n) is 7.42. The Kier molecular flexibility index (Phi) is 4.04. The molecule has 112 valence electrons. The molecule has 0 aliphatic heterocycles. The second-order valence-electron chi connectivity index (χ2n) is 5.74. The number of aromatic nitrogens is 1. The summed E-state index contributed by atoms with van der Waals surface area (Å²) in [5.74, 6) is 0.313. The van der Waals surface area contributed by atoms with E-state index in [1.165, 1.54) is 10.9 Å². The number of carbonyl (C=O) groups excluding carboxylic acids is 1. The van der Waals surface area contributed by atoms with Crippen LogP contribution in [0, 0.1) is 6.92 Å². The number of halogens is 1. The van der Waals surface area contributed by atoms with Crippen molar-refractivity contribution >= 4 is 28.3 Å². The smallest absolute Gasteiger partial charge is 0.163 e. The molecule has 1 atom stereocenters. The molecular formula is C19H18ClNO. The van der Waals surface area contributed by atoms with Gasteiger partial charge in [-0.1, -0.05) is 36.7 Å². The molecule has 3 heteroatoms. The highest BCUT2D eigenvalue weighted by molar-refractivity contribution is 6.30. The minimum Gasteiger partial charge on any atom is -0.358 e. The molecule has 0 saturated carbocycles. The molecule has 2 nitrogen and oxygen atoms in total. The van der Waals surface area contributed by atoms with Crippen molar-refractivity contribution in [2.75, 3.05) is 0 Å². The number of aryl methyl sites for hydroxylation is 1. The molecule has 0 aliphatic rings. The molecule has 0 aliphatic carbocycles. The molecule has 22 heavy (non-hydrogen) atoms. The van der Waals surface area contributed by atoms with E-state index in [-0.39, 0.29) is 11.7 Å². The molecule has 0 saturated heterocycles. The third-order valence-corrected chi connectivity index (χ3v) is 4.35. The Labute approximate surface area is 135 Å². The van der Waals surface area contributed by atoms with Gasteiger partial charge in [-0.25, -0.2) is 0 Å². The third kappa shape index (κ3) is 2.79. The normalized spacial score (nSPS) is 12.5. The first-order valence-corrected chi connectivity index (χ1v) is 7.80. The van der Waals surface area contributed by atoms with Crippen LogP contribution in [0.5, 0.6) is 0 Å². The number of nitrogens with one attached hydrogen (secondary N) is 1. The number of H-pyrrole nitrogens is 1. The fourth-order valence-corrected chi connectivity index (χ4v) is 3.19. The first kappa shape index (κ1) is 14.9. The summed E-state index contributed by atoms with van der Waals surface area (Å²) in [7, 11) is 0. The highest BCUT2D eigenvalue weighted by Crippen LogP contribution is 2.31. The minimum atomic E-state index is 0.147. The molecule has 2 aromatic carbocycles. The van der Waals surface area contributed by atoms with E-state index in [0.29, 0.717) is 17.0 Å². The van der Waals surface area contributed by atoms with Crippen LogP contribution < -0.4 is 0 Å². The fourth-order valence-electron chi connectivity index (χ4n) is 3.07. The van der Waals surface area contributed by atoms with Crippen molar-refractivity contribution in [3.8, 4) is 0 Å². The van der Waals surface area contributed by atoms with E-state index in [2.05, 4.69) is 31.0 Å². The number of hydrogen-bond donors (Lipinski definition) is 1. The molecule has 0 radical (unpaired) electrons. The van der Waals surface area contributed by atoms with Crippen molar-refractivity contribution in [2.45, 2.75) is 26.2 Å². The van der Waals surface area contributed by atoms with Gasteiger partial charge in [-0.05, 0) is 48.7 Å². The summed E-state index contributed by atoms with van der Waals surface area (Å²) >= 11 is 5.87. The van der Waals surface area contributed by atoms with Gasteiger partial charge in [0.25, 0.3) is 0 Å². The van der Waals surface area contributed by atoms with Gasteiger partial charge in [0.15, 0.2) is 5.78 Å². The van der Waals surface area contributed by atoms with Crippen LogP contribution >= 0.6 is 11.6 Å². The van der Waals surface area contributed by atoms with Crippen molar-refractivity contribution in [1.29, 1.82) is 0 Å². The molecule has 0 amide bonds. The van der Waals surface area contributed by atoms with Gasteiger partial charge < -0.3 is 4.98 Å². The quantitative estimate of drug-likeness (QED) is 0.633. The zero-order chi connectivity index (χ0) is 15.7. The van der Waals surface area contributed by atoms with Gasteiger partial charge in [0, 0.05) is 33.6 Å². The Morgan fingerprint density at radius 1 is 1.14 bits per heavy atom. The van der Waals surface area contributed by atoms with Crippen molar-refractivity contribution in [3.05, 3.63) is 70.4 Å². The Morgan fingerprint density at radius 3 is 2.55 bits per heavy atom. The lowest BCUT2D eigenvalue weighted by molar-refractivity contribution is 0.0976. The van der Waals surface area contributed by atoms with Gasteiger partial charge in [0.05, 0.1) is 0 Å². The highest BCUT2D eigenvalue weighted by atomic mass is 35.5. The zero-order valence-electron chi connectivity index (χ0n) is 12.7. The number of fused-ring (bicyclic) bond motifs is 1. The third-order valence-electron chi connectivity index (χ3n) is 4.09. The summed E-state index contributed by atoms with van der Waals surface area (Å²) < 4.78 is 0. The van der Waals surface area contributed by atoms with E-state index >= 15 is 0 Å². The predicted molar refractivity (Wildman–Crippen MR) is 91.9 cm³/mol. The topological polar surface area (TPSA) is 32.9 Å². The number of aromatic amines is 1. The first-order chi connectivity index (χ1) is 10.6. The van der Waals surface area contributed by atoms with Gasteiger partial charge in [-0.2, -0.15) is 0 Å². The van der Waals surface area contributed by atoms with Crippen LogP contribution in [0.15, 0.2) is 48.5 Å². The van der Waals surface area contributed by atoms with E-state index in [9.17, 15) is 4.79 Å². The largest absolute Gasteiger partial charge is 0.358 e. The molecule has 3 rings (SSSR count). The van der Waals surface area contributed by atoms with Crippen LogP contribution in [0.3, 0.4) is 0 Å². The summed E-state index contributed by atoms with van der Waals surface area (Å²) in [6, 6.07) is 15.3. The van der Waals surface area contributed by atoms with E-state index in [0.717, 1.165) is 11.2 Å². The van der Waals surface area contributed by atoms with Crippen LogP contribution in [0.2, 0.25) is 5.02 Å². The number of rotatable bonds is 4. The predicted octanol–water partition coefficient (Wildman–Crippen LogP) is 5.51. The lowest BCUT2D eigenvalue weighted by Gasteiger charge is -2.12. The van der Waals surface area contributed by atoms with Gasteiger partial charge in [0.1, 0.15) is 0 Å². The number of ketones is 1. The molecule has 0 spiro atoms. The maximum atomic E-state index is 12.5. The second-order valence-corrected chi connectivity index (χ2v) is 6.18. The molecule has 0 fully saturated rings. The summed E-state index contributed by atoms with van der Waals surface area (Å²) in [6.07, 6.45) is 0.490. The van der Waals surface area contributed by atoms with E-state index in [4.69, 9.17) is 11.6 Å². The fraction of sp³-hybridized carbons (Fsp3) is 0.211. The minimum absolute atomic E-state index is 0.147. The summed E-state index contributed by atoms with van der Waals surface area (Å²) in [4.78, 5) is 15.9. The average molecular weight is 312 g/mol. The van der Waals surface area contributed by atoms with Crippen LogP contribution in [-0.2, 0) is 0 Å². The van der Waals surface area contributed by atoms with Crippen LogP contribution in [0.1, 0.15) is 40.9 Å². The summed E-state index contributed by atoms with van der Waals surface area (Å²) in [6.45, 7) is 4.18. The second kappa shape index (κ2) is 5.98. The number of carbonyl (C=O) groups is 1. The molecule has 1 aromatic heterocycles. The number of benzene rings is 2. The molecule has 1 N–H and O–H groups in total. The van der Waals surface area contributed by atoms with Gasteiger partial charge in [-0.15, -0.1) is 0 Å². The molecular weight excluding hydrogens is 294 g/mol. The lowest BCUT2D eigenvalue weighted by atomic mass is 9.91. The van der Waals surface area contributed by atoms with E-state index in [1.807, 2.05) is 12.1 Å². The van der Waals surface area contributed by atoms with Crippen LogP contribution in [0.4, 0.5) is 0 Å². The number of hydrogen-bond acceptors (Lipinski definition) is 1. The standard InChI is InChI=1S/C19H18ClNO/c1-12(11-18(22)14-7-9-15(20)10-8-14)19-13(2)21-17-6-4-3-5-16(17)19/h3-10,12,21H,11H2,1-2H3/t12-/m1/s1. The van der Waals surface area contributed by atoms with Crippen LogP contribution in [0.25, 0.3) is 10.9 Å². The average Bonchev–Trinajstić information content (AvgIpc) is 2.83. The van der Waals surface area contributed by atoms with Gasteiger partial charge >= 0.3 is 0 Å². The van der Waals surface area contributed by atoms with E-state index < -0.39 is 0 Å². The van der Waals surface area contributed by atoms with Gasteiger partial charge in [-0.3, -0.25) is 4.79 Å². The van der Waals surface area contributed by atoms with Crippen LogP contribution in [-0.4, -0.2) is 10.8 Å². The van der Waals surface area contributed by atoms with Crippen molar-refractivity contribution in [2.24, 2.45) is 0 Å². The maximum absolute atomic E-state index is 12.5. The molecule has 0 bridgehead atoms. The van der Waals surface area contributed by atoms with Gasteiger partial charge in [0.2, 0.25) is 0 Å². The van der Waals surface area contributed by atoms with Crippen molar-refractivity contribution in [3.63, 3.8) is 0 Å². The zero-order valence-corrected chi connectivity index (χ0v) is 13.4.